The molecular weight excluding hydrogens is 324 g/mol. The Morgan fingerprint density at radius 2 is 2.04 bits per heavy atom. The standard InChI is InChI=1S/C22H36N2O2/c1-15-3-6-19-18-5-4-16-13-17(24-26-12-11-23)7-10-22(16,14-25)20(18)8-9-21(15,19)2/h16,18-20,25H,1,3-14,23H2,2H3/t16?,18?,19?,20?,21-,22-/m1/s1. The summed E-state index contributed by atoms with van der Waals surface area (Å²) in [5.74, 6) is 2.82. The summed E-state index contributed by atoms with van der Waals surface area (Å²) in [5, 5.41) is 14.9. The van der Waals surface area contributed by atoms with Gasteiger partial charge in [-0.05, 0) is 86.9 Å². The van der Waals surface area contributed by atoms with E-state index in [4.69, 9.17) is 10.6 Å². The van der Waals surface area contributed by atoms with E-state index in [-0.39, 0.29) is 5.41 Å². The Hall–Kier alpha value is -0.870. The predicted molar refractivity (Wildman–Crippen MR) is 105 cm³/mol. The fraction of sp³-hybridized carbons (Fsp3) is 0.864. The number of fused-ring (bicyclic) bond motifs is 5. The topological polar surface area (TPSA) is 67.8 Å². The summed E-state index contributed by atoms with van der Waals surface area (Å²) in [6.07, 6.45) is 10.7. The highest BCUT2D eigenvalue weighted by Gasteiger charge is 2.60. The minimum Gasteiger partial charge on any atom is -0.396 e. The van der Waals surface area contributed by atoms with Gasteiger partial charge in [0.05, 0.1) is 5.71 Å². The number of hydrogen-bond donors (Lipinski definition) is 2. The molecule has 0 aromatic rings. The number of aliphatic hydroxyl groups is 1. The van der Waals surface area contributed by atoms with Crippen molar-refractivity contribution in [2.75, 3.05) is 19.8 Å². The normalized spacial score (nSPS) is 46.6. The molecule has 4 nitrogen and oxygen atoms in total. The highest BCUT2D eigenvalue weighted by atomic mass is 16.6. The maximum atomic E-state index is 10.6. The van der Waals surface area contributed by atoms with Gasteiger partial charge in [-0.3, -0.25) is 0 Å². The van der Waals surface area contributed by atoms with Crippen molar-refractivity contribution in [3.05, 3.63) is 12.2 Å². The van der Waals surface area contributed by atoms with Crippen molar-refractivity contribution in [1.29, 1.82) is 0 Å². The maximum absolute atomic E-state index is 10.6. The molecule has 4 aliphatic carbocycles. The second kappa shape index (κ2) is 6.94. The summed E-state index contributed by atoms with van der Waals surface area (Å²) in [6.45, 7) is 8.25. The van der Waals surface area contributed by atoms with Crippen LogP contribution in [0.15, 0.2) is 17.3 Å². The van der Waals surface area contributed by atoms with Gasteiger partial charge in [-0.1, -0.05) is 24.2 Å². The molecule has 4 aliphatic rings. The molecule has 0 radical (unpaired) electrons. The predicted octanol–water partition coefficient (Wildman–Crippen LogP) is 3.89. The lowest BCUT2D eigenvalue weighted by Crippen LogP contribution is -2.55. The summed E-state index contributed by atoms with van der Waals surface area (Å²) < 4.78 is 0. The Balaban J connectivity index is 1.55. The SMILES string of the molecule is C=C1CCC2C3CCC4CC(=NOCCN)CC[C@]4(CO)C3CC[C@]12C. The summed E-state index contributed by atoms with van der Waals surface area (Å²) in [4.78, 5) is 5.35. The van der Waals surface area contributed by atoms with Crippen LogP contribution in [0, 0.1) is 34.5 Å². The molecule has 0 aromatic heterocycles. The van der Waals surface area contributed by atoms with Gasteiger partial charge in [0.2, 0.25) is 0 Å². The van der Waals surface area contributed by atoms with Crippen LogP contribution in [-0.2, 0) is 4.84 Å². The molecule has 4 heteroatoms. The first-order valence-corrected chi connectivity index (χ1v) is 10.7. The summed E-state index contributed by atoms with van der Waals surface area (Å²) in [6, 6.07) is 0. The highest BCUT2D eigenvalue weighted by molar-refractivity contribution is 5.85. The minimum absolute atomic E-state index is 0.112. The van der Waals surface area contributed by atoms with E-state index in [2.05, 4.69) is 18.7 Å². The van der Waals surface area contributed by atoms with Gasteiger partial charge in [-0.25, -0.2) is 0 Å². The average Bonchev–Trinajstić information content (AvgIpc) is 2.96. The van der Waals surface area contributed by atoms with Crippen molar-refractivity contribution in [2.24, 2.45) is 45.4 Å². The Morgan fingerprint density at radius 1 is 1.19 bits per heavy atom. The van der Waals surface area contributed by atoms with Crippen molar-refractivity contribution in [3.8, 4) is 0 Å². The van der Waals surface area contributed by atoms with Crippen LogP contribution < -0.4 is 5.73 Å². The molecule has 0 bridgehead atoms. The van der Waals surface area contributed by atoms with Gasteiger partial charge >= 0.3 is 0 Å². The van der Waals surface area contributed by atoms with Crippen LogP contribution in [0.2, 0.25) is 0 Å². The minimum atomic E-state index is 0.112. The van der Waals surface area contributed by atoms with Gasteiger partial charge in [-0.15, -0.1) is 0 Å². The molecule has 0 spiro atoms. The van der Waals surface area contributed by atoms with Crippen LogP contribution in [0.1, 0.15) is 64.7 Å². The Labute approximate surface area is 158 Å². The van der Waals surface area contributed by atoms with E-state index in [0.717, 1.165) is 31.1 Å². The summed E-state index contributed by atoms with van der Waals surface area (Å²) in [7, 11) is 0. The van der Waals surface area contributed by atoms with Crippen LogP contribution in [0.25, 0.3) is 0 Å². The molecule has 4 rings (SSSR count). The largest absolute Gasteiger partial charge is 0.396 e. The highest BCUT2D eigenvalue weighted by Crippen LogP contribution is 2.66. The molecule has 0 heterocycles. The van der Waals surface area contributed by atoms with E-state index in [1.54, 1.807) is 0 Å². The maximum Gasteiger partial charge on any atom is 0.129 e. The molecule has 0 aromatic carbocycles. The van der Waals surface area contributed by atoms with E-state index >= 15 is 0 Å². The van der Waals surface area contributed by atoms with Gasteiger partial charge in [0, 0.05) is 18.6 Å². The van der Waals surface area contributed by atoms with Gasteiger partial charge in [-0.2, -0.15) is 0 Å². The summed E-state index contributed by atoms with van der Waals surface area (Å²) >= 11 is 0. The molecule has 4 unspecified atom stereocenters. The van der Waals surface area contributed by atoms with Gasteiger partial charge in [0.15, 0.2) is 0 Å². The first-order valence-electron chi connectivity index (χ1n) is 10.7. The zero-order valence-electron chi connectivity index (χ0n) is 16.4. The number of allylic oxidation sites excluding steroid dienone is 1. The van der Waals surface area contributed by atoms with Crippen molar-refractivity contribution in [3.63, 3.8) is 0 Å². The fourth-order valence-electron chi connectivity index (χ4n) is 7.35. The smallest absolute Gasteiger partial charge is 0.129 e. The van der Waals surface area contributed by atoms with Crippen molar-refractivity contribution < 1.29 is 9.94 Å². The first kappa shape index (κ1) is 18.5. The molecule has 146 valence electrons. The first-order chi connectivity index (χ1) is 12.5. The fourth-order valence-corrected chi connectivity index (χ4v) is 7.35. The van der Waals surface area contributed by atoms with Gasteiger partial charge in [0.25, 0.3) is 0 Å². The second-order valence-electron chi connectivity index (χ2n) is 9.62. The lowest BCUT2D eigenvalue weighted by atomic mass is 9.44. The molecule has 3 N–H and O–H groups in total. The lowest BCUT2D eigenvalue weighted by Gasteiger charge is -2.60. The van der Waals surface area contributed by atoms with E-state index in [1.807, 2.05) is 0 Å². The number of hydrogen-bond acceptors (Lipinski definition) is 4. The average molecular weight is 361 g/mol. The Kier molecular flexibility index (Phi) is 4.94. The molecular formula is C22H36N2O2. The zero-order chi connectivity index (χ0) is 18.4. The molecule has 26 heavy (non-hydrogen) atoms. The van der Waals surface area contributed by atoms with E-state index < -0.39 is 0 Å². The molecule has 4 fully saturated rings. The monoisotopic (exact) mass is 360 g/mol. The van der Waals surface area contributed by atoms with E-state index in [9.17, 15) is 5.11 Å². The quantitative estimate of drug-likeness (QED) is 0.454. The van der Waals surface area contributed by atoms with Crippen molar-refractivity contribution in [1.82, 2.24) is 0 Å². The number of nitrogens with zero attached hydrogens (tertiary/aromatic N) is 1. The number of nitrogens with two attached hydrogens (primary N) is 1. The lowest BCUT2D eigenvalue weighted by molar-refractivity contribution is -0.119. The number of oxime groups is 1. The van der Waals surface area contributed by atoms with Crippen LogP contribution in [-0.4, -0.2) is 30.6 Å². The van der Waals surface area contributed by atoms with Crippen molar-refractivity contribution >= 4 is 5.71 Å². The second-order valence-corrected chi connectivity index (χ2v) is 9.62. The van der Waals surface area contributed by atoms with Crippen molar-refractivity contribution in [2.45, 2.75) is 64.7 Å². The molecule has 6 atom stereocenters. The molecule has 0 aliphatic heterocycles. The van der Waals surface area contributed by atoms with Gasteiger partial charge in [0.1, 0.15) is 6.61 Å². The molecule has 4 saturated carbocycles. The third-order valence-electron chi connectivity index (χ3n) is 8.85. The van der Waals surface area contributed by atoms with E-state index in [1.165, 1.54) is 49.8 Å². The van der Waals surface area contributed by atoms with Crippen LogP contribution in [0.3, 0.4) is 0 Å². The Morgan fingerprint density at radius 3 is 2.81 bits per heavy atom. The molecule has 0 saturated heterocycles. The molecule has 0 amide bonds. The zero-order valence-corrected chi connectivity index (χ0v) is 16.4. The van der Waals surface area contributed by atoms with Crippen LogP contribution in [0.4, 0.5) is 0 Å². The van der Waals surface area contributed by atoms with Crippen LogP contribution in [0.5, 0.6) is 0 Å². The third-order valence-corrected chi connectivity index (χ3v) is 8.85. The van der Waals surface area contributed by atoms with Crippen LogP contribution >= 0.6 is 0 Å². The number of rotatable bonds is 4. The third kappa shape index (κ3) is 2.67. The van der Waals surface area contributed by atoms with Gasteiger partial charge < -0.3 is 15.7 Å². The Bertz CT molecular complexity index is 589. The van der Waals surface area contributed by atoms with E-state index in [0.29, 0.717) is 37.0 Å². The summed E-state index contributed by atoms with van der Waals surface area (Å²) in [5.41, 5.74) is 8.65. The number of aliphatic hydroxyl groups excluding tert-OH is 1.